The van der Waals surface area contributed by atoms with Gasteiger partial charge in [-0.05, 0) is 39.7 Å². The van der Waals surface area contributed by atoms with Crippen molar-refractivity contribution in [3.8, 4) is 11.3 Å². The molecule has 1 aromatic heterocycles. The first kappa shape index (κ1) is 16.2. The van der Waals surface area contributed by atoms with E-state index in [1.807, 2.05) is 11.3 Å². The molecule has 0 saturated heterocycles. The Hall–Kier alpha value is -1.19. The third kappa shape index (κ3) is 4.14. The van der Waals surface area contributed by atoms with Gasteiger partial charge in [-0.1, -0.05) is 30.7 Å². The minimum absolute atomic E-state index is 0.588. The molecule has 114 valence electrons. The molecular formula is C18H26N2S. The summed E-state index contributed by atoms with van der Waals surface area (Å²) in [7, 11) is 0. The van der Waals surface area contributed by atoms with E-state index in [0.717, 1.165) is 18.7 Å². The van der Waals surface area contributed by atoms with E-state index in [-0.39, 0.29) is 0 Å². The van der Waals surface area contributed by atoms with Crippen molar-refractivity contribution < 1.29 is 0 Å². The number of benzene rings is 1. The van der Waals surface area contributed by atoms with Crippen molar-refractivity contribution in [2.24, 2.45) is 0 Å². The highest BCUT2D eigenvalue weighted by Gasteiger charge is 2.12. The second-order valence-electron chi connectivity index (χ2n) is 5.84. The summed E-state index contributed by atoms with van der Waals surface area (Å²) in [5.41, 5.74) is 5.06. The summed E-state index contributed by atoms with van der Waals surface area (Å²) in [6.07, 6.45) is 2.19. The number of thiazole rings is 1. The van der Waals surface area contributed by atoms with E-state index < -0.39 is 0 Å². The topological polar surface area (TPSA) is 24.9 Å². The summed E-state index contributed by atoms with van der Waals surface area (Å²) in [6.45, 7) is 11.9. The van der Waals surface area contributed by atoms with Crippen LogP contribution in [0.5, 0.6) is 0 Å². The van der Waals surface area contributed by atoms with Crippen molar-refractivity contribution in [3.05, 3.63) is 39.2 Å². The van der Waals surface area contributed by atoms with Crippen LogP contribution in [0.25, 0.3) is 11.3 Å². The van der Waals surface area contributed by atoms with Crippen LogP contribution >= 0.6 is 11.3 Å². The Morgan fingerprint density at radius 3 is 2.67 bits per heavy atom. The molecule has 1 aromatic carbocycles. The Labute approximate surface area is 132 Å². The van der Waals surface area contributed by atoms with Gasteiger partial charge in [-0.3, -0.25) is 0 Å². The zero-order valence-electron chi connectivity index (χ0n) is 13.8. The minimum Gasteiger partial charge on any atom is -0.314 e. The lowest BCUT2D eigenvalue weighted by atomic mass is 10.0. The molecule has 1 N–H and O–H groups in total. The van der Waals surface area contributed by atoms with Gasteiger partial charge in [0.15, 0.2) is 0 Å². The molecule has 0 saturated carbocycles. The Balaban J connectivity index is 2.12. The van der Waals surface area contributed by atoms with Gasteiger partial charge in [-0.2, -0.15) is 0 Å². The van der Waals surface area contributed by atoms with E-state index in [0.29, 0.717) is 6.04 Å². The number of hydrogen-bond acceptors (Lipinski definition) is 3. The summed E-state index contributed by atoms with van der Waals surface area (Å²) in [5, 5.41) is 4.77. The number of aryl methyl sites for hydroxylation is 3. The minimum atomic E-state index is 0.588. The highest BCUT2D eigenvalue weighted by atomic mass is 32.1. The third-order valence-corrected chi connectivity index (χ3v) is 4.95. The number of nitrogens with one attached hydrogen (secondary N) is 1. The molecule has 0 aliphatic carbocycles. The van der Waals surface area contributed by atoms with E-state index in [1.165, 1.54) is 33.0 Å². The average molecular weight is 302 g/mol. The van der Waals surface area contributed by atoms with Crippen LogP contribution < -0.4 is 5.32 Å². The number of aromatic nitrogens is 1. The SMILES string of the molecule is CCC(C)NCCc1nc(-c2ccc(C)cc2C)c(C)s1. The maximum absolute atomic E-state index is 4.87. The third-order valence-electron chi connectivity index (χ3n) is 3.92. The molecule has 3 heteroatoms. The standard InChI is InChI=1S/C18H26N2S/c1-6-14(4)19-10-9-17-20-18(15(5)21-17)16-8-7-12(2)11-13(16)3/h7-8,11,14,19H,6,9-10H2,1-5H3. The smallest absolute Gasteiger partial charge is 0.0948 e. The van der Waals surface area contributed by atoms with Gasteiger partial charge < -0.3 is 5.32 Å². The molecule has 0 spiro atoms. The lowest BCUT2D eigenvalue weighted by Gasteiger charge is -2.09. The highest BCUT2D eigenvalue weighted by Crippen LogP contribution is 2.30. The largest absolute Gasteiger partial charge is 0.314 e. The molecule has 0 aliphatic rings. The van der Waals surface area contributed by atoms with Gasteiger partial charge in [0.2, 0.25) is 0 Å². The van der Waals surface area contributed by atoms with Crippen LogP contribution in [0.3, 0.4) is 0 Å². The molecule has 2 nitrogen and oxygen atoms in total. The van der Waals surface area contributed by atoms with Crippen LogP contribution in [0.2, 0.25) is 0 Å². The molecule has 0 fully saturated rings. The Bertz CT molecular complexity index is 601. The quantitative estimate of drug-likeness (QED) is 0.839. The fraction of sp³-hybridized carbons (Fsp3) is 0.500. The zero-order valence-corrected chi connectivity index (χ0v) is 14.6. The molecular weight excluding hydrogens is 276 g/mol. The molecule has 0 aliphatic heterocycles. The van der Waals surface area contributed by atoms with Crippen LogP contribution in [0.15, 0.2) is 18.2 Å². The van der Waals surface area contributed by atoms with Gasteiger partial charge >= 0.3 is 0 Å². The van der Waals surface area contributed by atoms with Crippen LogP contribution in [-0.2, 0) is 6.42 Å². The van der Waals surface area contributed by atoms with Gasteiger partial charge in [-0.15, -0.1) is 11.3 Å². The highest BCUT2D eigenvalue weighted by molar-refractivity contribution is 7.12. The van der Waals surface area contributed by atoms with Crippen molar-refractivity contribution in [2.75, 3.05) is 6.54 Å². The van der Waals surface area contributed by atoms with Gasteiger partial charge in [0.25, 0.3) is 0 Å². The molecule has 0 radical (unpaired) electrons. The van der Waals surface area contributed by atoms with Crippen molar-refractivity contribution in [2.45, 2.75) is 53.5 Å². The van der Waals surface area contributed by atoms with Crippen LogP contribution in [-0.4, -0.2) is 17.6 Å². The van der Waals surface area contributed by atoms with Crippen molar-refractivity contribution in [3.63, 3.8) is 0 Å². The van der Waals surface area contributed by atoms with E-state index >= 15 is 0 Å². The normalized spacial score (nSPS) is 12.6. The fourth-order valence-corrected chi connectivity index (χ4v) is 3.40. The monoisotopic (exact) mass is 302 g/mol. The zero-order chi connectivity index (χ0) is 15.4. The van der Waals surface area contributed by atoms with E-state index in [9.17, 15) is 0 Å². The molecule has 1 unspecified atom stereocenters. The summed E-state index contributed by atoms with van der Waals surface area (Å²) in [5.74, 6) is 0. The lowest BCUT2D eigenvalue weighted by molar-refractivity contribution is 0.537. The first-order valence-corrected chi connectivity index (χ1v) is 8.60. The number of nitrogens with zero attached hydrogens (tertiary/aromatic N) is 1. The van der Waals surface area contributed by atoms with Crippen molar-refractivity contribution in [1.82, 2.24) is 10.3 Å². The first-order valence-electron chi connectivity index (χ1n) is 7.78. The van der Waals surface area contributed by atoms with E-state index in [4.69, 9.17) is 4.98 Å². The van der Waals surface area contributed by atoms with Gasteiger partial charge in [0.05, 0.1) is 10.7 Å². The molecule has 2 rings (SSSR count). The molecule has 0 bridgehead atoms. The summed E-state index contributed by atoms with van der Waals surface area (Å²) in [4.78, 5) is 6.19. The van der Waals surface area contributed by atoms with Crippen LogP contribution in [0.4, 0.5) is 0 Å². The van der Waals surface area contributed by atoms with Gasteiger partial charge in [0.1, 0.15) is 0 Å². The van der Waals surface area contributed by atoms with Crippen molar-refractivity contribution >= 4 is 11.3 Å². The first-order chi connectivity index (χ1) is 10.0. The maximum Gasteiger partial charge on any atom is 0.0948 e. The number of rotatable bonds is 6. The second-order valence-corrected chi connectivity index (χ2v) is 7.13. The predicted molar refractivity (Wildman–Crippen MR) is 93.2 cm³/mol. The number of hydrogen-bond donors (Lipinski definition) is 1. The Morgan fingerprint density at radius 1 is 1.24 bits per heavy atom. The summed E-state index contributed by atoms with van der Waals surface area (Å²) < 4.78 is 0. The lowest BCUT2D eigenvalue weighted by Crippen LogP contribution is -2.27. The molecule has 1 heterocycles. The second kappa shape index (κ2) is 7.19. The summed E-state index contributed by atoms with van der Waals surface area (Å²) in [6, 6.07) is 7.20. The Morgan fingerprint density at radius 2 is 2.00 bits per heavy atom. The average Bonchev–Trinajstić information content (AvgIpc) is 2.79. The van der Waals surface area contributed by atoms with Gasteiger partial charge in [-0.25, -0.2) is 4.98 Å². The molecule has 2 aromatic rings. The van der Waals surface area contributed by atoms with E-state index in [2.05, 4.69) is 58.1 Å². The van der Waals surface area contributed by atoms with Crippen LogP contribution in [0, 0.1) is 20.8 Å². The molecule has 21 heavy (non-hydrogen) atoms. The molecule has 0 amide bonds. The molecule has 1 atom stereocenters. The predicted octanol–water partition coefficient (Wildman–Crippen LogP) is 4.67. The Kier molecular flexibility index (Phi) is 5.54. The van der Waals surface area contributed by atoms with Crippen LogP contribution in [0.1, 0.15) is 41.3 Å². The van der Waals surface area contributed by atoms with Crippen molar-refractivity contribution in [1.29, 1.82) is 0 Å². The summed E-state index contributed by atoms with van der Waals surface area (Å²) >= 11 is 1.83. The maximum atomic E-state index is 4.87. The van der Waals surface area contributed by atoms with E-state index in [1.54, 1.807) is 0 Å². The van der Waals surface area contributed by atoms with Gasteiger partial charge in [0, 0.05) is 29.4 Å². The fourth-order valence-electron chi connectivity index (χ4n) is 2.46.